The Kier molecular flexibility index (Phi) is 5.95. The number of nitrogens with zero attached hydrogens (tertiary/aromatic N) is 3. The molecule has 0 unspecified atom stereocenters. The molecule has 3 heterocycles. The van der Waals surface area contributed by atoms with Crippen molar-refractivity contribution in [2.45, 2.75) is 13.1 Å². The van der Waals surface area contributed by atoms with E-state index in [1.165, 1.54) is 10.5 Å². The number of imide groups is 1. The lowest BCUT2D eigenvalue weighted by atomic mass is 10.1. The molecule has 36 heavy (non-hydrogen) atoms. The molecule has 2 aliphatic rings. The van der Waals surface area contributed by atoms with Crippen LogP contribution in [0.3, 0.4) is 0 Å². The maximum Gasteiger partial charge on any atom is 0.264 e. The van der Waals surface area contributed by atoms with E-state index in [1.54, 1.807) is 24.5 Å². The number of piperazine rings is 1. The van der Waals surface area contributed by atoms with Crippen molar-refractivity contribution in [3.05, 3.63) is 94.4 Å². The van der Waals surface area contributed by atoms with Crippen molar-refractivity contribution in [2.75, 3.05) is 38.2 Å². The average Bonchev–Trinajstić information content (AvgIpc) is 3.43. The highest BCUT2D eigenvalue weighted by molar-refractivity contribution is 7.19. The molecule has 0 N–H and O–H groups in total. The van der Waals surface area contributed by atoms with Crippen LogP contribution in [0.5, 0.6) is 5.75 Å². The summed E-state index contributed by atoms with van der Waals surface area (Å²) in [6.07, 6.45) is 0. The van der Waals surface area contributed by atoms with Crippen LogP contribution in [-0.4, -0.2) is 54.9 Å². The van der Waals surface area contributed by atoms with Crippen molar-refractivity contribution in [1.82, 2.24) is 9.80 Å². The second kappa shape index (κ2) is 9.41. The quantitative estimate of drug-likeness (QED) is 0.350. The Morgan fingerprint density at radius 1 is 0.833 bits per heavy atom. The monoisotopic (exact) mass is 497 g/mol. The molecule has 1 fully saturated rings. The zero-order chi connectivity index (χ0) is 24.6. The normalized spacial score (nSPS) is 16.1. The summed E-state index contributed by atoms with van der Waals surface area (Å²) in [6.45, 7) is 4.54. The molecule has 0 spiro atoms. The van der Waals surface area contributed by atoms with Crippen LogP contribution in [-0.2, 0) is 13.1 Å². The summed E-state index contributed by atoms with van der Waals surface area (Å²) < 4.78 is 6.52. The summed E-state index contributed by atoms with van der Waals surface area (Å²) >= 11 is 1.63. The molecule has 182 valence electrons. The van der Waals surface area contributed by atoms with E-state index < -0.39 is 0 Å². The van der Waals surface area contributed by atoms with Gasteiger partial charge in [-0.2, -0.15) is 0 Å². The highest BCUT2D eigenvalue weighted by atomic mass is 32.1. The molecular weight excluding hydrogens is 470 g/mol. The molecule has 2 amide bonds. The lowest BCUT2D eigenvalue weighted by Gasteiger charge is -2.36. The van der Waals surface area contributed by atoms with Gasteiger partial charge in [0.15, 0.2) is 0 Å². The second-order valence-corrected chi connectivity index (χ2v) is 10.4. The number of amides is 2. The maximum atomic E-state index is 13.5. The van der Waals surface area contributed by atoms with Crippen LogP contribution < -0.4 is 9.64 Å². The molecule has 2 aliphatic heterocycles. The highest BCUT2D eigenvalue weighted by Crippen LogP contribution is 2.35. The lowest BCUT2D eigenvalue weighted by Crippen LogP contribution is -2.46. The third kappa shape index (κ3) is 4.14. The molecule has 4 aromatic rings. The van der Waals surface area contributed by atoms with Gasteiger partial charge in [0.25, 0.3) is 11.8 Å². The van der Waals surface area contributed by atoms with E-state index in [-0.39, 0.29) is 11.8 Å². The minimum atomic E-state index is -0.203. The summed E-state index contributed by atoms with van der Waals surface area (Å²) in [7, 11) is 1.69. The van der Waals surface area contributed by atoms with E-state index >= 15 is 0 Å². The van der Waals surface area contributed by atoms with Crippen LogP contribution in [0.25, 0.3) is 10.1 Å². The fourth-order valence-corrected chi connectivity index (χ4v) is 6.22. The van der Waals surface area contributed by atoms with E-state index in [0.29, 0.717) is 17.7 Å². The largest absolute Gasteiger partial charge is 0.497 e. The first-order valence-electron chi connectivity index (χ1n) is 12.2. The van der Waals surface area contributed by atoms with Gasteiger partial charge in [0.2, 0.25) is 0 Å². The number of fused-ring (bicyclic) bond motifs is 2. The van der Waals surface area contributed by atoms with Gasteiger partial charge in [0.1, 0.15) is 5.75 Å². The second-order valence-electron chi connectivity index (χ2n) is 9.26. The number of ether oxygens (including phenoxy) is 1. The third-order valence-corrected chi connectivity index (χ3v) is 8.12. The smallest absolute Gasteiger partial charge is 0.264 e. The molecule has 1 saturated heterocycles. The number of rotatable bonds is 6. The van der Waals surface area contributed by atoms with E-state index in [9.17, 15) is 9.59 Å². The Hall–Kier alpha value is -3.68. The minimum Gasteiger partial charge on any atom is -0.497 e. The Labute approximate surface area is 214 Å². The molecule has 3 aromatic carbocycles. The van der Waals surface area contributed by atoms with Crippen LogP contribution in [0.2, 0.25) is 0 Å². The molecule has 0 saturated carbocycles. The highest BCUT2D eigenvalue weighted by Gasteiger charge is 2.39. The van der Waals surface area contributed by atoms with Gasteiger partial charge in [-0.05, 0) is 47.3 Å². The average molecular weight is 498 g/mol. The van der Waals surface area contributed by atoms with Crippen LogP contribution in [0.1, 0.15) is 31.2 Å². The van der Waals surface area contributed by atoms with E-state index in [2.05, 4.69) is 40.1 Å². The van der Waals surface area contributed by atoms with Crippen molar-refractivity contribution in [2.24, 2.45) is 0 Å². The van der Waals surface area contributed by atoms with Crippen molar-refractivity contribution in [3.8, 4) is 5.75 Å². The standard InChI is InChI=1S/C29H27N3O3S/c1-35-22-8-4-6-20(16-22)18-30-12-14-31(15-13-30)25-10-5-9-24-27(25)29(34)32(28(24)33)19-23-17-21-7-2-3-11-26(21)36-23/h2-11,16-17H,12-15,18-19H2,1H3. The summed E-state index contributed by atoms with van der Waals surface area (Å²) in [5.74, 6) is 0.474. The van der Waals surface area contributed by atoms with E-state index in [1.807, 2.05) is 36.4 Å². The van der Waals surface area contributed by atoms with Crippen LogP contribution >= 0.6 is 11.3 Å². The topological polar surface area (TPSA) is 53.1 Å². The van der Waals surface area contributed by atoms with Gasteiger partial charge < -0.3 is 9.64 Å². The van der Waals surface area contributed by atoms with Gasteiger partial charge in [-0.3, -0.25) is 19.4 Å². The summed E-state index contributed by atoms with van der Waals surface area (Å²) in [4.78, 5) is 33.8. The maximum absolute atomic E-state index is 13.5. The van der Waals surface area contributed by atoms with Crippen molar-refractivity contribution < 1.29 is 14.3 Å². The zero-order valence-electron chi connectivity index (χ0n) is 20.1. The Morgan fingerprint density at radius 2 is 1.64 bits per heavy atom. The Balaban J connectivity index is 1.17. The van der Waals surface area contributed by atoms with Gasteiger partial charge in [0.05, 0.1) is 30.5 Å². The summed E-state index contributed by atoms with van der Waals surface area (Å²) in [6, 6.07) is 24.0. The van der Waals surface area contributed by atoms with E-state index in [4.69, 9.17) is 4.74 Å². The van der Waals surface area contributed by atoms with Crippen molar-refractivity contribution in [3.63, 3.8) is 0 Å². The number of anilines is 1. The number of hydrogen-bond acceptors (Lipinski definition) is 6. The first-order chi connectivity index (χ1) is 17.6. The number of hydrogen-bond donors (Lipinski definition) is 0. The van der Waals surface area contributed by atoms with Crippen molar-refractivity contribution in [1.29, 1.82) is 0 Å². The molecule has 0 radical (unpaired) electrons. The molecule has 1 aromatic heterocycles. The van der Waals surface area contributed by atoms with Crippen LogP contribution in [0.15, 0.2) is 72.8 Å². The van der Waals surface area contributed by atoms with Gasteiger partial charge in [0, 0.05) is 42.3 Å². The minimum absolute atomic E-state index is 0.193. The third-order valence-electron chi connectivity index (χ3n) is 7.02. The van der Waals surface area contributed by atoms with Crippen molar-refractivity contribution >= 4 is 38.9 Å². The summed E-state index contributed by atoms with van der Waals surface area (Å²) in [5.41, 5.74) is 3.15. The van der Waals surface area contributed by atoms with Gasteiger partial charge in [-0.1, -0.05) is 36.4 Å². The van der Waals surface area contributed by atoms with Gasteiger partial charge in [-0.15, -0.1) is 11.3 Å². The Bertz CT molecular complexity index is 1420. The van der Waals surface area contributed by atoms with Gasteiger partial charge in [-0.25, -0.2) is 0 Å². The lowest BCUT2D eigenvalue weighted by molar-refractivity contribution is 0.0644. The molecule has 0 aliphatic carbocycles. The molecule has 7 heteroatoms. The number of carbonyl (C=O) groups is 2. The van der Waals surface area contributed by atoms with Gasteiger partial charge >= 0.3 is 0 Å². The molecule has 0 bridgehead atoms. The predicted octanol–water partition coefficient (Wildman–Crippen LogP) is 5.03. The molecule has 0 atom stereocenters. The first kappa shape index (κ1) is 22.8. The molecular formula is C29H27N3O3S. The number of thiophene rings is 1. The van der Waals surface area contributed by atoms with Crippen LogP contribution in [0.4, 0.5) is 5.69 Å². The predicted molar refractivity (Wildman–Crippen MR) is 143 cm³/mol. The number of benzene rings is 3. The molecule has 6 rings (SSSR count). The number of methoxy groups -OCH3 is 1. The zero-order valence-corrected chi connectivity index (χ0v) is 21.0. The van der Waals surface area contributed by atoms with Crippen LogP contribution in [0, 0.1) is 0 Å². The number of carbonyl (C=O) groups excluding carboxylic acids is 2. The fraction of sp³-hybridized carbons (Fsp3) is 0.241. The molecule has 6 nitrogen and oxygen atoms in total. The SMILES string of the molecule is COc1cccc(CN2CCN(c3cccc4c3C(=O)N(Cc3cc5ccccc5s3)C4=O)CC2)c1. The fourth-order valence-electron chi connectivity index (χ4n) is 5.17. The first-order valence-corrected chi connectivity index (χ1v) is 13.0. The Morgan fingerprint density at radius 3 is 2.44 bits per heavy atom. The van der Waals surface area contributed by atoms with E-state index in [0.717, 1.165) is 59.1 Å². The summed E-state index contributed by atoms with van der Waals surface area (Å²) in [5, 5.41) is 1.14.